The van der Waals surface area contributed by atoms with Crippen molar-refractivity contribution in [3.8, 4) is 11.8 Å². The highest BCUT2D eigenvalue weighted by molar-refractivity contribution is 5.35. The van der Waals surface area contributed by atoms with Gasteiger partial charge >= 0.3 is 0 Å². The molecule has 0 heterocycles. The van der Waals surface area contributed by atoms with Crippen LogP contribution >= 0.6 is 0 Å². The van der Waals surface area contributed by atoms with E-state index < -0.39 is 6.10 Å². The van der Waals surface area contributed by atoms with E-state index >= 15 is 0 Å². The van der Waals surface area contributed by atoms with Crippen molar-refractivity contribution in [3.63, 3.8) is 0 Å². The number of aliphatic hydroxyl groups is 1. The van der Waals surface area contributed by atoms with Gasteiger partial charge in [0.1, 0.15) is 11.9 Å². The lowest BCUT2D eigenvalue weighted by Gasteiger charge is -2.19. The number of unbranched alkanes of at least 4 members (excludes halogenated alkanes) is 1. The Bertz CT molecular complexity index is 401. The molecule has 4 heteroatoms. The summed E-state index contributed by atoms with van der Waals surface area (Å²) < 4.78 is 11.2. The first-order valence-electron chi connectivity index (χ1n) is 6.64. The number of nitriles is 1. The minimum absolute atomic E-state index is 0.125. The molecule has 0 fully saturated rings. The maximum atomic E-state index is 9.41. The summed E-state index contributed by atoms with van der Waals surface area (Å²) in [7, 11) is 0. The molecule has 19 heavy (non-hydrogen) atoms. The van der Waals surface area contributed by atoms with E-state index in [1.807, 2.05) is 30.3 Å². The van der Waals surface area contributed by atoms with Gasteiger partial charge in [0.2, 0.25) is 0 Å². The molecule has 104 valence electrons. The monoisotopic (exact) mass is 263 g/mol. The van der Waals surface area contributed by atoms with Crippen molar-refractivity contribution >= 4 is 0 Å². The fourth-order valence-corrected chi connectivity index (χ4v) is 1.69. The van der Waals surface area contributed by atoms with Crippen LogP contribution in [0.4, 0.5) is 0 Å². The predicted molar refractivity (Wildman–Crippen MR) is 72.9 cm³/mol. The van der Waals surface area contributed by atoms with Gasteiger partial charge in [-0.3, -0.25) is 0 Å². The predicted octanol–water partition coefficient (Wildman–Crippen LogP) is 2.83. The molecule has 1 rings (SSSR count). The van der Waals surface area contributed by atoms with Gasteiger partial charge in [0.05, 0.1) is 32.3 Å². The molecule has 0 aromatic heterocycles. The molecule has 0 saturated heterocycles. The van der Waals surface area contributed by atoms with Crippen molar-refractivity contribution in [1.82, 2.24) is 0 Å². The highest BCUT2D eigenvalue weighted by Crippen LogP contribution is 2.27. The fraction of sp³-hybridized carbons (Fsp3) is 0.533. The number of para-hydroxylation sites is 1. The first-order valence-corrected chi connectivity index (χ1v) is 6.64. The maximum Gasteiger partial charge on any atom is 0.125 e. The Morgan fingerprint density at radius 1 is 1.32 bits per heavy atom. The molecular weight excluding hydrogens is 242 g/mol. The van der Waals surface area contributed by atoms with E-state index in [0.717, 1.165) is 24.2 Å². The third-order valence-electron chi connectivity index (χ3n) is 2.72. The van der Waals surface area contributed by atoms with Crippen LogP contribution in [-0.2, 0) is 4.74 Å². The van der Waals surface area contributed by atoms with Gasteiger partial charge in [-0.1, -0.05) is 31.5 Å². The SMILES string of the molecule is CCCCOc1ccccc1[C@H](CO)OCCC#N. The van der Waals surface area contributed by atoms with Gasteiger partial charge in [-0.25, -0.2) is 0 Å². The van der Waals surface area contributed by atoms with Crippen molar-refractivity contribution < 1.29 is 14.6 Å². The van der Waals surface area contributed by atoms with E-state index in [0.29, 0.717) is 19.6 Å². The van der Waals surface area contributed by atoms with Crippen molar-refractivity contribution in [2.24, 2.45) is 0 Å². The van der Waals surface area contributed by atoms with Gasteiger partial charge in [-0.15, -0.1) is 0 Å². The van der Waals surface area contributed by atoms with Crippen LogP contribution in [0.15, 0.2) is 24.3 Å². The lowest BCUT2D eigenvalue weighted by molar-refractivity contribution is 0.0129. The first-order chi connectivity index (χ1) is 9.33. The molecule has 1 aromatic carbocycles. The van der Waals surface area contributed by atoms with Gasteiger partial charge < -0.3 is 14.6 Å². The number of benzene rings is 1. The second-order valence-corrected chi connectivity index (χ2v) is 4.19. The minimum atomic E-state index is -0.439. The minimum Gasteiger partial charge on any atom is -0.493 e. The zero-order chi connectivity index (χ0) is 13.9. The third-order valence-corrected chi connectivity index (χ3v) is 2.72. The number of hydrogen-bond acceptors (Lipinski definition) is 4. The number of nitrogens with zero attached hydrogens (tertiary/aromatic N) is 1. The first kappa shape index (κ1) is 15.5. The molecule has 0 amide bonds. The van der Waals surface area contributed by atoms with E-state index in [4.69, 9.17) is 14.7 Å². The molecule has 0 bridgehead atoms. The second kappa shape index (κ2) is 9.37. The zero-order valence-corrected chi connectivity index (χ0v) is 11.3. The van der Waals surface area contributed by atoms with E-state index in [9.17, 15) is 5.11 Å². The Balaban J connectivity index is 2.69. The van der Waals surface area contributed by atoms with Crippen LogP contribution in [0, 0.1) is 11.3 Å². The summed E-state index contributed by atoms with van der Waals surface area (Å²) in [6, 6.07) is 9.56. The van der Waals surface area contributed by atoms with E-state index in [1.165, 1.54) is 0 Å². The summed E-state index contributed by atoms with van der Waals surface area (Å²) in [4.78, 5) is 0. The third kappa shape index (κ3) is 5.29. The lowest BCUT2D eigenvalue weighted by Crippen LogP contribution is -2.12. The van der Waals surface area contributed by atoms with E-state index in [1.54, 1.807) is 0 Å². The lowest BCUT2D eigenvalue weighted by atomic mass is 10.1. The Labute approximate surface area is 114 Å². The topological polar surface area (TPSA) is 62.5 Å². The standard InChI is InChI=1S/C15H21NO3/c1-2-3-10-18-14-8-5-4-7-13(14)15(12-17)19-11-6-9-16/h4-5,7-8,15,17H,2-3,6,10-12H2,1H3/t15-/m0/s1. The van der Waals surface area contributed by atoms with Crippen LogP contribution < -0.4 is 4.74 Å². The molecule has 0 saturated carbocycles. The smallest absolute Gasteiger partial charge is 0.125 e. The molecule has 0 unspecified atom stereocenters. The number of ether oxygens (including phenoxy) is 2. The quantitative estimate of drug-likeness (QED) is 0.696. The summed E-state index contributed by atoms with van der Waals surface area (Å²) in [6.07, 6.45) is 1.94. The molecule has 4 nitrogen and oxygen atoms in total. The highest BCUT2D eigenvalue weighted by atomic mass is 16.5. The summed E-state index contributed by atoms with van der Waals surface area (Å²) >= 11 is 0. The van der Waals surface area contributed by atoms with Crippen molar-refractivity contribution in [2.45, 2.75) is 32.3 Å². The van der Waals surface area contributed by atoms with Crippen molar-refractivity contribution in [3.05, 3.63) is 29.8 Å². The van der Waals surface area contributed by atoms with Crippen LogP contribution in [0.25, 0.3) is 0 Å². The van der Waals surface area contributed by atoms with Crippen LogP contribution in [0.2, 0.25) is 0 Å². The van der Waals surface area contributed by atoms with E-state index in [2.05, 4.69) is 6.92 Å². The molecule has 0 aliphatic rings. The second-order valence-electron chi connectivity index (χ2n) is 4.19. The van der Waals surface area contributed by atoms with Crippen molar-refractivity contribution in [2.75, 3.05) is 19.8 Å². The van der Waals surface area contributed by atoms with Crippen LogP contribution in [0.3, 0.4) is 0 Å². The maximum absolute atomic E-state index is 9.41. The largest absolute Gasteiger partial charge is 0.493 e. The molecule has 0 aliphatic heterocycles. The van der Waals surface area contributed by atoms with Crippen LogP contribution in [0.1, 0.15) is 37.9 Å². The normalized spacial score (nSPS) is 11.8. The summed E-state index contributed by atoms with van der Waals surface area (Å²) in [6.45, 7) is 2.95. The van der Waals surface area contributed by atoms with Gasteiger partial charge in [0, 0.05) is 5.56 Å². The van der Waals surface area contributed by atoms with E-state index in [-0.39, 0.29) is 6.61 Å². The average molecular weight is 263 g/mol. The number of rotatable bonds is 9. The fourth-order valence-electron chi connectivity index (χ4n) is 1.69. The zero-order valence-electron chi connectivity index (χ0n) is 11.3. The number of hydrogen-bond donors (Lipinski definition) is 1. The Morgan fingerprint density at radius 3 is 2.79 bits per heavy atom. The highest BCUT2D eigenvalue weighted by Gasteiger charge is 2.15. The van der Waals surface area contributed by atoms with Crippen molar-refractivity contribution in [1.29, 1.82) is 5.26 Å². The molecule has 1 atom stereocenters. The summed E-state index contributed by atoms with van der Waals surface area (Å²) in [5.74, 6) is 0.743. The molecule has 1 N–H and O–H groups in total. The molecule has 0 spiro atoms. The Kier molecular flexibility index (Phi) is 7.64. The van der Waals surface area contributed by atoms with Crippen LogP contribution in [0.5, 0.6) is 5.75 Å². The average Bonchev–Trinajstić information content (AvgIpc) is 2.45. The van der Waals surface area contributed by atoms with Gasteiger partial charge in [0.15, 0.2) is 0 Å². The van der Waals surface area contributed by atoms with Gasteiger partial charge in [-0.05, 0) is 12.5 Å². The molecule has 0 aliphatic carbocycles. The molecular formula is C15H21NO3. The van der Waals surface area contributed by atoms with Gasteiger partial charge in [0.25, 0.3) is 0 Å². The molecule has 1 aromatic rings. The Hall–Kier alpha value is -1.57. The Morgan fingerprint density at radius 2 is 2.11 bits per heavy atom. The van der Waals surface area contributed by atoms with Gasteiger partial charge in [-0.2, -0.15) is 5.26 Å². The van der Waals surface area contributed by atoms with Crippen LogP contribution in [-0.4, -0.2) is 24.9 Å². The number of aliphatic hydroxyl groups excluding tert-OH is 1. The summed E-state index contributed by atoms with van der Waals surface area (Å²) in [5.41, 5.74) is 0.832. The molecule has 0 radical (unpaired) electrons. The summed E-state index contributed by atoms with van der Waals surface area (Å²) in [5, 5.41) is 17.9.